The minimum atomic E-state index is -4.17. The number of benzene rings is 1. The summed E-state index contributed by atoms with van der Waals surface area (Å²) in [5.74, 6) is -1.29. The van der Waals surface area contributed by atoms with Crippen LogP contribution in [0.3, 0.4) is 0 Å². The second-order valence-electron chi connectivity index (χ2n) is 12.2. The van der Waals surface area contributed by atoms with E-state index in [1.54, 1.807) is 54.5 Å². The zero-order valence-electron chi connectivity index (χ0n) is 25.1. The van der Waals surface area contributed by atoms with Gasteiger partial charge in [-0.25, -0.2) is 22.4 Å². The van der Waals surface area contributed by atoms with E-state index < -0.39 is 57.2 Å². The number of aromatic nitrogens is 1. The van der Waals surface area contributed by atoms with Crippen molar-refractivity contribution in [3.05, 3.63) is 36.4 Å². The van der Waals surface area contributed by atoms with Crippen molar-refractivity contribution in [1.29, 1.82) is 0 Å². The van der Waals surface area contributed by atoms with Crippen LogP contribution >= 0.6 is 0 Å². The van der Waals surface area contributed by atoms with Crippen LogP contribution in [0, 0.1) is 5.82 Å². The summed E-state index contributed by atoms with van der Waals surface area (Å²) < 4.78 is 54.1. The first-order valence-corrected chi connectivity index (χ1v) is 15.1. The Balaban J connectivity index is 1.82. The van der Waals surface area contributed by atoms with Gasteiger partial charge < -0.3 is 25.0 Å². The average Bonchev–Trinajstić information content (AvgIpc) is 3.05. The van der Waals surface area contributed by atoms with Crippen molar-refractivity contribution in [3.63, 3.8) is 0 Å². The summed E-state index contributed by atoms with van der Waals surface area (Å²) >= 11 is 0. The molecule has 0 bridgehead atoms. The number of alkyl carbamates (subject to hydrolysis) is 2. The second-order valence-corrected chi connectivity index (χ2v) is 14.0. The van der Waals surface area contributed by atoms with E-state index in [9.17, 15) is 27.2 Å². The Kier molecular flexibility index (Phi) is 10.0. The van der Waals surface area contributed by atoms with Crippen LogP contribution in [-0.2, 0) is 24.3 Å². The van der Waals surface area contributed by atoms with Crippen molar-refractivity contribution in [1.82, 2.24) is 24.8 Å². The highest BCUT2D eigenvalue weighted by Crippen LogP contribution is 2.29. The zero-order chi connectivity index (χ0) is 31.5. The fraction of sp³-hybridized carbons (Fsp3) is 0.571. The van der Waals surface area contributed by atoms with Gasteiger partial charge in [-0.1, -0.05) is 12.1 Å². The molecule has 232 valence electrons. The number of nitrogens with zero attached hydrogens (tertiary/aromatic N) is 3. The summed E-state index contributed by atoms with van der Waals surface area (Å²) in [5, 5.41) is 5.32. The first-order valence-electron chi connectivity index (χ1n) is 13.7. The molecule has 1 aromatic carbocycles. The number of halogens is 1. The van der Waals surface area contributed by atoms with Crippen LogP contribution < -0.4 is 10.6 Å². The average molecular weight is 610 g/mol. The first kappa shape index (κ1) is 33.0. The molecule has 0 saturated carbocycles. The second kappa shape index (κ2) is 12.8. The number of amides is 3. The molecule has 2 atom stereocenters. The summed E-state index contributed by atoms with van der Waals surface area (Å²) in [6, 6.07) is 2.55. The quantitative estimate of drug-likeness (QED) is 0.507. The normalized spacial score (nSPS) is 17.7. The molecule has 1 aromatic heterocycles. The maximum atomic E-state index is 14.7. The summed E-state index contributed by atoms with van der Waals surface area (Å²) in [7, 11) is -4.17. The predicted molar refractivity (Wildman–Crippen MR) is 154 cm³/mol. The number of carbonyl (C=O) groups excluding carboxylic acids is 3. The molecule has 3 rings (SSSR count). The third-order valence-electron chi connectivity index (χ3n) is 6.22. The van der Waals surface area contributed by atoms with Crippen LogP contribution in [0.4, 0.5) is 14.0 Å². The van der Waals surface area contributed by atoms with Crippen molar-refractivity contribution < 1.29 is 36.7 Å². The van der Waals surface area contributed by atoms with Gasteiger partial charge >= 0.3 is 12.2 Å². The fourth-order valence-corrected chi connectivity index (χ4v) is 6.45. The number of pyridine rings is 1. The van der Waals surface area contributed by atoms with Crippen LogP contribution in [0.5, 0.6) is 0 Å². The number of hydrogen-bond acceptors (Lipinski definition) is 8. The molecule has 0 unspecified atom stereocenters. The van der Waals surface area contributed by atoms with Gasteiger partial charge in [0, 0.05) is 42.6 Å². The number of sulfonamides is 1. The minimum absolute atomic E-state index is 0.00813. The van der Waals surface area contributed by atoms with Gasteiger partial charge in [0.15, 0.2) is 5.82 Å². The van der Waals surface area contributed by atoms with Gasteiger partial charge in [0.05, 0.1) is 17.6 Å². The largest absolute Gasteiger partial charge is 0.444 e. The summed E-state index contributed by atoms with van der Waals surface area (Å²) in [4.78, 5) is 43.6. The molecule has 2 N–H and O–H groups in total. The number of fused-ring (bicyclic) bond motifs is 1. The molecule has 42 heavy (non-hydrogen) atoms. The van der Waals surface area contributed by atoms with Gasteiger partial charge in [-0.15, -0.1) is 0 Å². The smallest absolute Gasteiger partial charge is 0.408 e. The molecule has 2 aromatic rings. The Morgan fingerprint density at radius 2 is 1.69 bits per heavy atom. The topological polar surface area (TPSA) is 147 Å². The summed E-state index contributed by atoms with van der Waals surface area (Å²) in [5.41, 5.74) is -1.61. The highest BCUT2D eigenvalue weighted by Gasteiger charge is 2.37. The molecule has 0 radical (unpaired) electrons. The zero-order valence-corrected chi connectivity index (χ0v) is 25.9. The molecular formula is C28H40FN5O7S. The number of ether oxygens (including phenoxy) is 2. The Morgan fingerprint density at radius 1 is 1.05 bits per heavy atom. The summed E-state index contributed by atoms with van der Waals surface area (Å²) in [6.07, 6.45) is 1.02. The maximum Gasteiger partial charge on any atom is 0.408 e. The van der Waals surface area contributed by atoms with Gasteiger partial charge in [0.25, 0.3) is 0 Å². The van der Waals surface area contributed by atoms with Crippen LogP contribution in [0.15, 0.2) is 35.5 Å². The van der Waals surface area contributed by atoms with Crippen molar-refractivity contribution >= 4 is 38.9 Å². The van der Waals surface area contributed by atoms with E-state index in [1.807, 2.05) is 0 Å². The van der Waals surface area contributed by atoms with Crippen LogP contribution in [0.25, 0.3) is 10.8 Å². The lowest BCUT2D eigenvalue weighted by atomic mass is 10.2. The number of nitrogens with one attached hydrogen (secondary N) is 2. The lowest BCUT2D eigenvalue weighted by molar-refractivity contribution is -0.133. The Morgan fingerprint density at radius 3 is 2.33 bits per heavy atom. The van der Waals surface area contributed by atoms with Crippen LogP contribution in [0.1, 0.15) is 54.9 Å². The number of hydrogen-bond donors (Lipinski definition) is 2. The van der Waals surface area contributed by atoms with E-state index in [0.717, 1.165) is 6.20 Å². The molecule has 1 fully saturated rings. The fourth-order valence-electron chi connectivity index (χ4n) is 4.57. The minimum Gasteiger partial charge on any atom is -0.444 e. The molecule has 12 nitrogen and oxygen atoms in total. The van der Waals surface area contributed by atoms with Gasteiger partial charge in [0.2, 0.25) is 15.9 Å². The molecule has 3 amide bonds. The molecule has 2 heterocycles. The van der Waals surface area contributed by atoms with E-state index >= 15 is 0 Å². The third-order valence-corrected chi connectivity index (χ3v) is 8.27. The Bertz CT molecular complexity index is 1420. The van der Waals surface area contributed by atoms with Crippen molar-refractivity contribution in [2.45, 2.75) is 83.1 Å². The van der Waals surface area contributed by atoms with E-state index in [4.69, 9.17) is 9.47 Å². The highest BCUT2D eigenvalue weighted by atomic mass is 32.2. The van der Waals surface area contributed by atoms with E-state index in [1.165, 1.54) is 27.5 Å². The number of rotatable bonds is 6. The highest BCUT2D eigenvalue weighted by molar-refractivity contribution is 7.89. The van der Waals surface area contributed by atoms with Gasteiger partial charge in [-0.3, -0.25) is 9.78 Å². The van der Waals surface area contributed by atoms with E-state index in [-0.39, 0.29) is 42.9 Å². The molecule has 0 aliphatic carbocycles. The maximum absolute atomic E-state index is 14.7. The van der Waals surface area contributed by atoms with Gasteiger partial charge in [-0.2, -0.15) is 4.31 Å². The lowest BCUT2D eigenvalue weighted by Gasteiger charge is -2.31. The molecule has 1 aliphatic rings. The predicted octanol–water partition coefficient (Wildman–Crippen LogP) is 3.40. The van der Waals surface area contributed by atoms with E-state index in [0.29, 0.717) is 5.39 Å². The molecule has 1 aliphatic heterocycles. The van der Waals surface area contributed by atoms with Crippen molar-refractivity contribution in [3.8, 4) is 0 Å². The number of carbonyl (C=O) groups is 3. The Hall–Kier alpha value is -3.52. The molecular weight excluding hydrogens is 569 g/mol. The molecule has 14 heteroatoms. The standard InChI is InChI=1S/C28H40FN5O7S/c1-18-17-33(24(35)21(32-26(37)41-28(5,6)7)16-31-25(36)40-27(2,3)4)12-9-13-34(18)42(38,39)22-11-8-10-19-14-30-15-20(29)23(19)22/h8,10-11,14-15,18,21H,9,12-13,16-17H2,1-7H3,(H,31,36)(H,32,37)/t18-,21-/m0/s1. The Labute approximate surface area is 246 Å². The molecule has 1 saturated heterocycles. The van der Waals surface area contributed by atoms with Crippen molar-refractivity contribution in [2.24, 2.45) is 0 Å². The van der Waals surface area contributed by atoms with Crippen LogP contribution in [-0.4, -0.2) is 90.2 Å². The van der Waals surface area contributed by atoms with E-state index in [2.05, 4.69) is 15.6 Å². The summed E-state index contributed by atoms with van der Waals surface area (Å²) in [6.45, 7) is 11.7. The third kappa shape index (κ3) is 8.51. The van der Waals surface area contributed by atoms with Gasteiger partial charge in [-0.05, 0) is 61.0 Å². The first-order chi connectivity index (χ1) is 19.4. The monoisotopic (exact) mass is 609 g/mol. The van der Waals surface area contributed by atoms with Crippen LogP contribution in [0.2, 0.25) is 0 Å². The molecule has 0 spiro atoms. The SMILES string of the molecule is C[C@H]1CN(C(=O)[C@H](CNC(=O)OC(C)(C)C)NC(=O)OC(C)(C)C)CCCN1S(=O)(=O)c1cccc2cncc(F)c12. The van der Waals surface area contributed by atoms with Gasteiger partial charge in [0.1, 0.15) is 17.2 Å². The lowest BCUT2D eigenvalue weighted by Crippen LogP contribution is -2.56. The van der Waals surface area contributed by atoms with Crippen molar-refractivity contribution in [2.75, 3.05) is 26.2 Å².